The number of halogens is 1. The quantitative estimate of drug-likeness (QED) is 0.735. The summed E-state index contributed by atoms with van der Waals surface area (Å²) in [4.78, 5) is 15.8. The minimum atomic E-state index is -0.203. The molecule has 7 heteroatoms. The summed E-state index contributed by atoms with van der Waals surface area (Å²) in [6, 6.07) is 11.4. The van der Waals surface area contributed by atoms with Crippen molar-refractivity contribution < 1.29 is 9.53 Å². The third-order valence-corrected chi connectivity index (χ3v) is 5.48. The predicted octanol–water partition coefficient (Wildman–Crippen LogP) is 3.98. The number of thiophene rings is 1. The van der Waals surface area contributed by atoms with Crippen LogP contribution in [0.5, 0.6) is 0 Å². The first-order chi connectivity index (χ1) is 12.2. The summed E-state index contributed by atoms with van der Waals surface area (Å²) < 4.78 is 5.19. The molecule has 0 spiro atoms. The van der Waals surface area contributed by atoms with Crippen LogP contribution in [0, 0.1) is 0 Å². The predicted molar refractivity (Wildman–Crippen MR) is 98.1 cm³/mol. The van der Waals surface area contributed by atoms with Crippen molar-refractivity contribution in [3.05, 3.63) is 63.6 Å². The highest BCUT2D eigenvalue weighted by Crippen LogP contribution is 2.43. The molecule has 1 amide bonds. The summed E-state index contributed by atoms with van der Waals surface area (Å²) in [5.74, 6) is -0.0777. The lowest BCUT2D eigenvalue weighted by molar-refractivity contribution is 0.0677. The molecule has 2 aromatic heterocycles. The Morgan fingerprint density at radius 2 is 2.12 bits per heavy atom. The van der Waals surface area contributed by atoms with Crippen LogP contribution in [-0.4, -0.2) is 41.3 Å². The number of H-pyrrole nitrogens is 1. The number of carbonyl (C=O) groups is 1. The van der Waals surface area contributed by atoms with Crippen molar-refractivity contribution in [2.45, 2.75) is 6.04 Å². The molecule has 4 rings (SSSR count). The Labute approximate surface area is 154 Å². The van der Waals surface area contributed by atoms with Gasteiger partial charge in [0.2, 0.25) is 0 Å². The SMILES string of the molecule is COCCN1C(=O)c2n[nH]c(-c3cccs3)c2C1c1ccc(Cl)cc1. The molecule has 0 aliphatic carbocycles. The van der Waals surface area contributed by atoms with E-state index in [0.717, 1.165) is 21.7 Å². The lowest BCUT2D eigenvalue weighted by Gasteiger charge is -2.26. The molecule has 25 heavy (non-hydrogen) atoms. The van der Waals surface area contributed by atoms with Crippen molar-refractivity contribution in [1.29, 1.82) is 0 Å². The number of carbonyl (C=O) groups excluding carboxylic acids is 1. The Hall–Kier alpha value is -2.15. The second-order valence-electron chi connectivity index (χ2n) is 5.78. The molecule has 3 aromatic rings. The van der Waals surface area contributed by atoms with Gasteiger partial charge >= 0.3 is 0 Å². The van der Waals surface area contributed by atoms with Crippen molar-refractivity contribution in [1.82, 2.24) is 15.1 Å². The van der Waals surface area contributed by atoms with Gasteiger partial charge in [-0.25, -0.2) is 0 Å². The molecule has 1 aliphatic rings. The Morgan fingerprint density at radius 3 is 2.80 bits per heavy atom. The van der Waals surface area contributed by atoms with Crippen LogP contribution in [0.2, 0.25) is 5.02 Å². The van der Waals surface area contributed by atoms with E-state index in [4.69, 9.17) is 16.3 Å². The zero-order valence-electron chi connectivity index (χ0n) is 13.5. The van der Waals surface area contributed by atoms with Crippen LogP contribution in [-0.2, 0) is 4.74 Å². The van der Waals surface area contributed by atoms with Gasteiger partial charge in [0.25, 0.3) is 5.91 Å². The summed E-state index contributed by atoms with van der Waals surface area (Å²) in [6.45, 7) is 0.973. The molecule has 0 saturated heterocycles. The summed E-state index contributed by atoms with van der Waals surface area (Å²) in [5, 5.41) is 10.0. The van der Waals surface area contributed by atoms with Crippen LogP contribution in [0.1, 0.15) is 27.7 Å². The van der Waals surface area contributed by atoms with E-state index in [1.807, 2.05) is 46.7 Å². The van der Waals surface area contributed by atoms with E-state index in [0.29, 0.717) is 23.9 Å². The van der Waals surface area contributed by atoms with Crippen LogP contribution >= 0.6 is 22.9 Å². The normalized spacial score (nSPS) is 16.5. The minimum Gasteiger partial charge on any atom is -0.383 e. The number of aromatic amines is 1. The van der Waals surface area contributed by atoms with E-state index in [2.05, 4.69) is 10.2 Å². The van der Waals surface area contributed by atoms with Crippen LogP contribution in [0.4, 0.5) is 0 Å². The number of aromatic nitrogens is 2. The standard InChI is InChI=1S/C18H16ClN3O2S/c1-24-9-8-22-17(11-4-6-12(19)7-5-11)14-15(13-3-2-10-25-13)20-21-16(14)18(22)23/h2-7,10,17H,8-9H2,1H3,(H,20,21). The maximum absolute atomic E-state index is 12.9. The molecule has 1 N–H and O–H groups in total. The maximum Gasteiger partial charge on any atom is 0.275 e. The van der Waals surface area contributed by atoms with Crippen molar-refractivity contribution in [3.63, 3.8) is 0 Å². The van der Waals surface area contributed by atoms with E-state index >= 15 is 0 Å². The van der Waals surface area contributed by atoms with Crippen molar-refractivity contribution >= 4 is 28.8 Å². The fraction of sp³-hybridized carbons (Fsp3) is 0.222. The van der Waals surface area contributed by atoms with Gasteiger partial charge in [0.1, 0.15) is 0 Å². The topological polar surface area (TPSA) is 58.2 Å². The first-order valence-corrected chi connectivity index (χ1v) is 9.14. The number of nitrogens with zero attached hydrogens (tertiary/aromatic N) is 2. The fourth-order valence-electron chi connectivity index (χ4n) is 3.21. The second kappa shape index (κ2) is 6.63. The van der Waals surface area contributed by atoms with Gasteiger partial charge in [-0.3, -0.25) is 9.89 Å². The number of hydrogen-bond acceptors (Lipinski definition) is 4. The lowest BCUT2D eigenvalue weighted by Crippen LogP contribution is -2.32. The Balaban J connectivity index is 1.85. The van der Waals surface area contributed by atoms with Crippen molar-refractivity contribution in [2.24, 2.45) is 0 Å². The highest BCUT2D eigenvalue weighted by molar-refractivity contribution is 7.13. The average molecular weight is 374 g/mol. The van der Waals surface area contributed by atoms with Gasteiger partial charge in [-0.05, 0) is 29.1 Å². The number of nitrogens with one attached hydrogen (secondary N) is 1. The Kier molecular flexibility index (Phi) is 4.33. The number of benzene rings is 1. The van der Waals surface area contributed by atoms with Crippen LogP contribution in [0.25, 0.3) is 10.6 Å². The summed E-state index contributed by atoms with van der Waals surface area (Å²) >= 11 is 7.66. The molecule has 1 atom stereocenters. The third kappa shape index (κ3) is 2.76. The number of hydrogen-bond donors (Lipinski definition) is 1. The lowest BCUT2D eigenvalue weighted by atomic mass is 9.98. The van der Waals surface area contributed by atoms with E-state index in [1.165, 1.54) is 0 Å². The monoisotopic (exact) mass is 373 g/mol. The first kappa shape index (κ1) is 16.3. The van der Waals surface area contributed by atoms with Crippen LogP contribution < -0.4 is 0 Å². The second-order valence-corrected chi connectivity index (χ2v) is 7.17. The average Bonchev–Trinajstić information content (AvgIpc) is 3.32. The molecule has 128 valence electrons. The highest BCUT2D eigenvalue weighted by atomic mass is 35.5. The minimum absolute atomic E-state index is 0.0777. The van der Waals surface area contributed by atoms with E-state index in [-0.39, 0.29) is 11.9 Å². The first-order valence-electron chi connectivity index (χ1n) is 7.88. The van der Waals surface area contributed by atoms with Crippen molar-refractivity contribution in [3.8, 4) is 10.6 Å². The van der Waals surface area contributed by atoms with Gasteiger partial charge < -0.3 is 9.64 Å². The molecule has 0 saturated carbocycles. The van der Waals surface area contributed by atoms with Gasteiger partial charge in [-0.2, -0.15) is 5.10 Å². The summed E-state index contributed by atoms with van der Waals surface area (Å²) in [6.07, 6.45) is 0. The van der Waals surface area contributed by atoms with Crippen LogP contribution in [0.3, 0.4) is 0 Å². The van der Waals surface area contributed by atoms with Gasteiger partial charge in [0.05, 0.1) is 23.2 Å². The molecular weight excluding hydrogens is 358 g/mol. The molecule has 1 aliphatic heterocycles. The van der Waals surface area contributed by atoms with E-state index in [9.17, 15) is 4.79 Å². The molecule has 1 unspecified atom stereocenters. The van der Waals surface area contributed by atoms with E-state index in [1.54, 1.807) is 18.4 Å². The number of fused-ring (bicyclic) bond motifs is 1. The van der Waals surface area contributed by atoms with Crippen molar-refractivity contribution in [2.75, 3.05) is 20.3 Å². The van der Waals surface area contributed by atoms with Crippen LogP contribution in [0.15, 0.2) is 41.8 Å². The molecule has 3 heterocycles. The van der Waals surface area contributed by atoms with Gasteiger partial charge in [0.15, 0.2) is 5.69 Å². The third-order valence-electron chi connectivity index (χ3n) is 4.34. The van der Waals surface area contributed by atoms with Gasteiger partial charge in [0, 0.05) is 24.2 Å². The summed E-state index contributed by atoms with van der Waals surface area (Å²) in [5.41, 5.74) is 3.32. The molecular formula is C18H16ClN3O2S. The number of methoxy groups -OCH3 is 1. The summed E-state index contributed by atoms with van der Waals surface area (Å²) in [7, 11) is 1.63. The highest BCUT2D eigenvalue weighted by Gasteiger charge is 2.42. The molecule has 0 fully saturated rings. The molecule has 0 bridgehead atoms. The number of amides is 1. The van der Waals surface area contributed by atoms with Gasteiger partial charge in [-0.15, -0.1) is 11.3 Å². The molecule has 0 radical (unpaired) electrons. The zero-order valence-corrected chi connectivity index (χ0v) is 15.1. The Bertz CT molecular complexity index is 890. The number of ether oxygens (including phenoxy) is 1. The number of rotatable bonds is 5. The zero-order chi connectivity index (χ0) is 17.4. The van der Waals surface area contributed by atoms with E-state index < -0.39 is 0 Å². The maximum atomic E-state index is 12.9. The fourth-order valence-corrected chi connectivity index (χ4v) is 4.07. The largest absolute Gasteiger partial charge is 0.383 e. The smallest absolute Gasteiger partial charge is 0.275 e. The molecule has 5 nitrogen and oxygen atoms in total. The van der Waals surface area contributed by atoms with Gasteiger partial charge in [-0.1, -0.05) is 29.8 Å². The molecule has 1 aromatic carbocycles. The Morgan fingerprint density at radius 1 is 1.32 bits per heavy atom.